The lowest BCUT2D eigenvalue weighted by molar-refractivity contribution is 0.201. The standard InChI is InChI=1S/C42H46BrN3O6/c1-47-37-22-31(23-38(48-2)41(37)51-5)30-9-7-8-28(20-30)26-45-18-15-35(16-19-45)46(34-12-10-33(43)11-13-34)27-29-14-17-44-36(21-29)32-24-39(49-3)42(52-6)40(25-32)50-4/h7-14,17,20-25,35H,15-16,18-19,26-27H2,1-6H3. The lowest BCUT2D eigenvalue weighted by Crippen LogP contribution is -2.44. The second-order valence-electron chi connectivity index (χ2n) is 12.7. The molecule has 0 saturated carbocycles. The Balaban J connectivity index is 1.19. The van der Waals surface area contributed by atoms with E-state index in [-0.39, 0.29) is 0 Å². The van der Waals surface area contributed by atoms with Gasteiger partial charge < -0.3 is 33.3 Å². The molecule has 2 heterocycles. The molecule has 1 fully saturated rings. The van der Waals surface area contributed by atoms with Crippen molar-refractivity contribution in [1.82, 2.24) is 9.88 Å². The van der Waals surface area contributed by atoms with Crippen molar-refractivity contribution < 1.29 is 28.4 Å². The molecule has 4 aromatic carbocycles. The van der Waals surface area contributed by atoms with Crippen LogP contribution in [0.4, 0.5) is 5.69 Å². The second kappa shape index (κ2) is 17.1. The SMILES string of the molecule is COc1cc(-c2cccc(CN3CCC(N(Cc4ccnc(-c5cc(OC)c(OC)c(OC)c5)c4)c4ccc(Br)cc4)CC3)c2)cc(OC)c1OC. The number of methoxy groups -OCH3 is 6. The van der Waals surface area contributed by atoms with Crippen LogP contribution in [0.25, 0.3) is 22.4 Å². The lowest BCUT2D eigenvalue weighted by Gasteiger charge is -2.40. The van der Waals surface area contributed by atoms with Gasteiger partial charge in [-0.3, -0.25) is 9.88 Å². The Morgan fingerprint density at radius 2 is 1.21 bits per heavy atom. The van der Waals surface area contributed by atoms with Crippen LogP contribution in [0.15, 0.2) is 95.6 Å². The molecule has 0 amide bonds. The van der Waals surface area contributed by atoms with E-state index >= 15 is 0 Å². The number of ether oxygens (including phenoxy) is 6. The van der Waals surface area contributed by atoms with Gasteiger partial charge in [-0.15, -0.1) is 0 Å². The van der Waals surface area contributed by atoms with E-state index in [0.717, 1.165) is 65.9 Å². The molecular formula is C42H46BrN3O6. The van der Waals surface area contributed by atoms with Gasteiger partial charge in [-0.2, -0.15) is 0 Å². The number of anilines is 1. The van der Waals surface area contributed by atoms with Gasteiger partial charge in [0.25, 0.3) is 0 Å². The topological polar surface area (TPSA) is 74.8 Å². The van der Waals surface area contributed by atoms with Crippen molar-refractivity contribution in [2.24, 2.45) is 0 Å². The number of benzene rings is 4. The second-order valence-corrected chi connectivity index (χ2v) is 13.6. The fourth-order valence-corrected chi connectivity index (χ4v) is 7.23. The molecule has 0 unspecified atom stereocenters. The Bertz CT molecular complexity index is 1910. The van der Waals surface area contributed by atoms with Gasteiger partial charge in [-0.1, -0.05) is 34.1 Å². The van der Waals surface area contributed by atoms with Crippen LogP contribution in [0.3, 0.4) is 0 Å². The van der Waals surface area contributed by atoms with Gasteiger partial charge in [0.05, 0.1) is 48.4 Å². The molecule has 1 aromatic heterocycles. The molecule has 1 aliphatic rings. The molecule has 0 aliphatic carbocycles. The highest BCUT2D eigenvalue weighted by Crippen LogP contribution is 2.42. The number of rotatable bonds is 14. The number of aromatic nitrogens is 1. The largest absolute Gasteiger partial charge is 0.493 e. The minimum Gasteiger partial charge on any atom is -0.493 e. The first-order valence-electron chi connectivity index (χ1n) is 17.3. The Hall–Kier alpha value is -4.93. The zero-order chi connectivity index (χ0) is 36.6. The van der Waals surface area contributed by atoms with Crippen LogP contribution in [-0.4, -0.2) is 71.7 Å². The van der Waals surface area contributed by atoms with Crippen LogP contribution in [0.1, 0.15) is 24.0 Å². The van der Waals surface area contributed by atoms with Gasteiger partial charge in [-0.05, 0) is 102 Å². The Morgan fingerprint density at radius 3 is 1.77 bits per heavy atom. The quantitative estimate of drug-likeness (QED) is 0.110. The maximum atomic E-state index is 5.62. The minimum atomic E-state index is 0.376. The predicted octanol–water partition coefficient (Wildman–Crippen LogP) is 8.90. The molecule has 272 valence electrons. The summed E-state index contributed by atoms with van der Waals surface area (Å²) in [4.78, 5) is 9.82. The summed E-state index contributed by atoms with van der Waals surface area (Å²) in [6.45, 7) is 3.63. The van der Waals surface area contributed by atoms with Crippen LogP contribution in [0.5, 0.6) is 34.5 Å². The normalized spacial score (nSPS) is 13.4. The van der Waals surface area contributed by atoms with Crippen molar-refractivity contribution in [2.75, 3.05) is 60.6 Å². The molecule has 0 spiro atoms. The fraction of sp³-hybridized carbons (Fsp3) is 0.310. The monoisotopic (exact) mass is 767 g/mol. The van der Waals surface area contributed by atoms with Gasteiger partial charge in [0.15, 0.2) is 23.0 Å². The first-order valence-corrected chi connectivity index (χ1v) is 18.1. The highest BCUT2D eigenvalue weighted by atomic mass is 79.9. The minimum absolute atomic E-state index is 0.376. The van der Waals surface area contributed by atoms with Crippen molar-refractivity contribution in [3.8, 4) is 56.9 Å². The van der Waals surface area contributed by atoms with Crippen LogP contribution in [0, 0.1) is 0 Å². The predicted molar refractivity (Wildman–Crippen MR) is 209 cm³/mol. The van der Waals surface area contributed by atoms with E-state index in [1.54, 1.807) is 42.7 Å². The van der Waals surface area contributed by atoms with Crippen molar-refractivity contribution in [1.29, 1.82) is 0 Å². The molecule has 1 saturated heterocycles. The van der Waals surface area contributed by atoms with Gasteiger partial charge in [0.1, 0.15) is 0 Å². The van der Waals surface area contributed by atoms with Crippen molar-refractivity contribution >= 4 is 21.6 Å². The molecule has 0 bridgehead atoms. The summed E-state index contributed by atoms with van der Waals surface area (Å²) in [6, 6.07) is 29.9. The average Bonchev–Trinajstić information content (AvgIpc) is 3.19. The van der Waals surface area contributed by atoms with Crippen molar-refractivity contribution in [3.05, 3.63) is 107 Å². The molecule has 9 nitrogen and oxygen atoms in total. The smallest absolute Gasteiger partial charge is 0.203 e. The number of halogens is 1. The summed E-state index contributed by atoms with van der Waals surface area (Å²) >= 11 is 3.63. The maximum Gasteiger partial charge on any atom is 0.203 e. The molecular weight excluding hydrogens is 722 g/mol. The number of piperidine rings is 1. The summed E-state index contributed by atoms with van der Waals surface area (Å²) in [7, 11) is 9.77. The molecule has 10 heteroatoms. The van der Waals surface area contributed by atoms with E-state index in [4.69, 9.17) is 33.4 Å². The van der Waals surface area contributed by atoms with E-state index < -0.39 is 0 Å². The molecule has 0 radical (unpaired) electrons. The Morgan fingerprint density at radius 1 is 0.635 bits per heavy atom. The molecule has 5 aromatic rings. The van der Waals surface area contributed by atoms with Gasteiger partial charge >= 0.3 is 0 Å². The average molecular weight is 769 g/mol. The molecule has 0 N–H and O–H groups in total. The first-order chi connectivity index (χ1) is 25.4. The van der Waals surface area contributed by atoms with Gasteiger partial charge in [-0.25, -0.2) is 0 Å². The van der Waals surface area contributed by atoms with Gasteiger partial charge in [0, 0.05) is 54.1 Å². The number of hydrogen-bond donors (Lipinski definition) is 0. The lowest BCUT2D eigenvalue weighted by atomic mass is 9.99. The zero-order valence-electron chi connectivity index (χ0n) is 30.6. The summed E-state index contributed by atoms with van der Waals surface area (Å²) in [5, 5.41) is 0. The first kappa shape index (κ1) is 36.8. The van der Waals surface area contributed by atoms with Crippen LogP contribution < -0.4 is 33.3 Å². The number of hydrogen-bond acceptors (Lipinski definition) is 9. The maximum absolute atomic E-state index is 5.62. The van der Waals surface area contributed by atoms with Crippen LogP contribution >= 0.6 is 15.9 Å². The van der Waals surface area contributed by atoms with Crippen molar-refractivity contribution in [2.45, 2.75) is 32.0 Å². The highest BCUT2D eigenvalue weighted by molar-refractivity contribution is 9.10. The summed E-state index contributed by atoms with van der Waals surface area (Å²) in [6.07, 6.45) is 3.98. The molecule has 52 heavy (non-hydrogen) atoms. The van der Waals surface area contributed by atoms with E-state index in [1.165, 1.54) is 16.8 Å². The third-order valence-corrected chi connectivity index (χ3v) is 10.2. The summed E-state index contributed by atoms with van der Waals surface area (Å²) in [5.74, 6) is 3.63. The molecule has 0 atom stereocenters. The van der Waals surface area contributed by atoms with E-state index in [9.17, 15) is 0 Å². The third kappa shape index (κ3) is 8.24. The van der Waals surface area contributed by atoms with E-state index in [2.05, 4.69) is 86.4 Å². The molecule has 6 rings (SSSR count). The van der Waals surface area contributed by atoms with Gasteiger partial charge in [0.2, 0.25) is 11.5 Å². The van der Waals surface area contributed by atoms with E-state index in [0.29, 0.717) is 40.5 Å². The number of pyridine rings is 1. The van der Waals surface area contributed by atoms with Crippen LogP contribution in [-0.2, 0) is 13.1 Å². The summed E-state index contributed by atoms with van der Waals surface area (Å²) in [5.41, 5.74) is 7.51. The van der Waals surface area contributed by atoms with Crippen LogP contribution in [0.2, 0.25) is 0 Å². The number of likely N-dealkylation sites (tertiary alicyclic amines) is 1. The Kier molecular flexibility index (Phi) is 12.1. The zero-order valence-corrected chi connectivity index (χ0v) is 32.2. The highest BCUT2D eigenvalue weighted by Gasteiger charge is 2.26. The van der Waals surface area contributed by atoms with E-state index in [1.807, 2.05) is 30.5 Å². The van der Waals surface area contributed by atoms with Crippen molar-refractivity contribution in [3.63, 3.8) is 0 Å². The molecule has 1 aliphatic heterocycles. The Labute approximate surface area is 315 Å². The third-order valence-electron chi connectivity index (χ3n) is 9.63. The summed E-state index contributed by atoms with van der Waals surface area (Å²) < 4.78 is 34.6. The number of nitrogens with zero attached hydrogens (tertiary/aromatic N) is 3. The fourth-order valence-electron chi connectivity index (χ4n) is 6.96.